The predicted octanol–water partition coefficient (Wildman–Crippen LogP) is 9.78. The smallest absolute Gasteiger partial charge is 0.462 e. The molecule has 0 radical (unpaired) electrons. The lowest BCUT2D eigenvalue weighted by Crippen LogP contribution is -2.52. The van der Waals surface area contributed by atoms with Gasteiger partial charge in [-0.3, -0.25) is 18.6 Å². The number of unbranched alkanes of at least 4 members (excludes halogenated alkanes) is 24. The number of hydrogen-bond acceptors (Lipinski definition) is 7. The van der Waals surface area contributed by atoms with Gasteiger partial charge in [0.2, 0.25) is 0 Å². The van der Waals surface area contributed by atoms with E-state index in [0.717, 1.165) is 32.1 Å². The van der Waals surface area contributed by atoms with Crippen molar-refractivity contribution < 1.29 is 43.3 Å². The molecule has 0 saturated heterocycles. The van der Waals surface area contributed by atoms with Gasteiger partial charge in [-0.2, -0.15) is 0 Å². The summed E-state index contributed by atoms with van der Waals surface area (Å²) in [5.41, 5.74) is 3.57. The van der Waals surface area contributed by atoms with Gasteiger partial charge in [0, 0.05) is 12.8 Å². The highest BCUT2D eigenvalue weighted by atomic mass is 31.2. The third-order valence-corrected chi connectivity index (χ3v) is 9.50. The second-order valence-corrected chi connectivity index (χ2v) is 14.7. The van der Waals surface area contributed by atoms with E-state index in [2.05, 4.69) is 19.6 Å². The molecule has 1 unspecified atom stereocenters. The molecule has 0 heterocycles. The van der Waals surface area contributed by atoms with Crippen LogP contribution in [0.4, 0.5) is 0 Å². The summed E-state index contributed by atoms with van der Waals surface area (Å²) in [6.07, 6.45) is 31.4. The Hall–Kier alpha value is -0.990. The van der Waals surface area contributed by atoms with Crippen LogP contribution in [0.3, 0.4) is 0 Å². The normalized spacial score (nSPS) is 13.4. The van der Waals surface area contributed by atoms with Crippen molar-refractivity contribution in [2.24, 2.45) is 0 Å². The van der Waals surface area contributed by atoms with E-state index in [1.165, 1.54) is 128 Å². The van der Waals surface area contributed by atoms with Gasteiger partial charge in [-0.15, -0.1) is 0 Å². The van der Waals surface area contributed by atoms with Gasteiger partial charge in [-0.1, -0.05) is 168 Å². The summed E-state index contributed by atoms with van der Waals surface area (Å²) in [4.78, 5) is 34.7. The molecule has 0 aromatic heterocycles. The van der Waals surface area contributed by atoms with Gasteiger partial charge in [0.05, 0.1) is 13.2 Å². The molecule has 4 N–H and O–H groups in total. The van der Waals surface area contributed by atoms with E-state index in [1.807, 2.05) is 0 Å². The zero-order valence-corrected chi connectivity index (χ0v) is 31.6. The lowest BCUT2D eigenvalue weighted by molar-refractivity contribution is -0.371. The van der Waals surface area contributed by atoms with E-state index in [9.17, 15) is 19.0 Å². The SMILES string of the molecule is CCCCCCCCCCCCCCCC(=O)OC[C@H](COP(=O)(O)OCC[NH3+])OC(=O)CCCCCCCCCCCCCCC. The molecule has 0 spiro atoms. The summed E-state index contributed by atoms with van der Waals surface area (Å²) in [6, 6.07) is 0. The minimum Gasteiger partial charge on any atom is -0.462 e. The van der Waals surface area contributed by atoms with Gasteiger partial charge >= 0.3 is 19.8 Å². The molecule has 10 heteroatoms. The van der Waals surface area contributed by atoms with Gasteiger partial charge in [0.1, 0.15) is 13.2 Å². The van der Waals surface area contributed by atoms with Gasteiger partial charge in [-0.25, -0.2) is 4.57 Å². The second kappa shape index (κ2) is 34.9. The number of hydrogen-bond donors (Lipinski definition) is 2. The Morgan fingerprint density at radius 3 is 1.30 bits per heavy atom. The summed E-state index contributed by atoms with van der Waals surface area (Å²) in [7, 11) is -4.32. The minimum absolute atomic E-state index is 0.0363. The van der Waals surface area contributed by atoms with Crippen LogP contribution >= 0.6 is 7.82 Å². The molecule has 0 fully saturated rings. The number of phosphoric acid groups is 1. The molecule has 0 aromatic rings. The summed E-state index contributed by atoms with van der Waals surface area (Å²) in [6.45, 7) is 4.14. The number of rotatable bonds is 37. The quantitative estimate of drug-likeness (QED) is 0.0373. The maximum Gasteiger partial charge on any atom is 0.472 e. The largest absolute Gasteiger partial charge is 0.472 e. The standard InChI is InChI=1S/C37H74NO8P/c1-3-5-7-9-11-13-15-17-19-21-23-25-27-29-36(39)43-33-35(34-45-47(41,42)44-32-31-38)46-37(40)30-28-26-24-22-20-18-16-14-12-10-8-6-4-2/h35H,3-34,38H2,1-2H3,(H,41,42)/p+1/t35-/m1/s1. The van der Waals surface area contributed by atoms with Crippen molar-refractivity contribution in [3.63, 3.8) is 0 Å². The van der Waals surface area contributed by atoms with Gasteiger partial charge in [0.15, 0.2) is 6.10 Å². The van der Waals surface area contributed by atoms with Crippen LogP contribution in [-0.4, -0.2) is 49.3 Å². The molecule has 0 bridgehead atoms. The summed E-state index contributed by atoms with van der Waals surface area (Å²) in [5.74, 6) is -0.799. The molecule has 0 aliphatic rings. The minimum atomic E-state index is -4.32. The van der Waals surface area contributed by atoms with E-state index in [1.54, 1.807) is 0 Å². The molecule has 47 heavy (non-hydrogen) atoms. The molecule has 9 nitrogen and oxygen atoms in total. The van der Waals surface area contributed by atoms with Crippen LogP contribution in [0.15, 0.2) is 0 Å². The third kappa shape index (κ3) is 34.7. The Morgan fingerprint density at radius 1 is 0.553 bits per heavy atom. The number of carbonyl (C=O) groups is 2. The molecule has 0 rings (SSSR count). The van der Waals surface area contributed by atoms with Crippen LogP contribution in [0.2, 0.25) is 0 Å². The predicted molar refractivity (Wildman–Crippen MR) is 191 cm³/mol. The van der Waals surface area contributed by atoms with Crippen LogP contribution in [0.5, 0.6) is 0 Å². The third-order valence-electron chi connectivity index (χ3n) is 8.52. The fourth-order valence-corrected chi connectivity index (χ4v) is 6.38. The fourth-order valence-electron chi connectivity index (χ4n) is 5.59. The molecule has 0 aliphatic heterocycles. The van der Waals surface area contributed by atoms with Crippen molar-refractivity contribution in [2.75, 3.05) is 26.4 Å². The fraction of sp³-hybridized carbons (Fsp3) is 0.946. The van der Waals surface area contributed by atoms with Crippen LogP contribution in [0, 0.1) is 0 Å². The highest BCUT2D eigenvalue weighted by Crippen LogP contribution is 2.43. The van der Waals surface area contributed by atoms with E-state index < -0.39 is 26.5 Å². The van der Waals surface area contributed by atoms with Crippen LogP contribution in [0.1, 0.15) is 194 Å². The lowest BCUT2D eigenvalue weighted by atomic mass is 10.0. The Morgan fingerprint density at radius 2 is 0.915 bits per heavy atom. The van der Waals surface area contributed by atoms with Crippen LogP contribution in [-0.2, 0) is 32.7 Å². The summed E-state index contributed by atoms with van der Waals surface area (Å²) >= 11 is 0. The second-order valence-electron chi connectivity index (χ2n) is 13.2. The van der Waals surface area contributed by atoms with Crippen molar-refractivity contribution in [1.29, 1.82) is 0 Å². The zero-order valence-electron chi connectivity index (χ0n) is 30.7. The highest BCUT2D eigenvalue weighted by molar-refractivity contribution is 7.47. The number of quaternary nitrogens is 1. The molecule has 280 valence electrons. The van der Waals surface area contributed by atoms with Crippen LogP contribution < -0.4 is 5.73 Å². The zero-order chi connectivity index (χ0) is 34.7. The van der Waals surface area contributed by atoms with Crippen molar-refractivity contribution in [3.05, 3.63) is 0 Å². The first-order valence-electron chi connectivity index (χ1n) is 19.6. The molecule has 0 aromatic carbocycles. The van der Waals surface area contributed by atoms with E-state index in [4.69, 9.17) is 18.5 Å². The van der Waals surface area contributed by atoms with E-state index in [-0.39, 0.29) is 25.6 Å². The first-order valence-corrected chi connectivity index (χ1v) is 21.1. The van der Waals surface area contributed by atoms with Gasteiger partial charge < -0.3 is 20.1 Å². The molecule has 0 amide bonds. The molecular formula is C37H75NO8P+. The maximum absolute atomic E-state index is 12.5. The first-order chi connectivity index (χ1) is 22.8. The monoisotopic (exact) mass is 693 g/mol. The highest BCUT2D eigenvalue weighted by Gasteiger charge is 2.26. The maximum atomic E-state index is 12.5. The Balaban J connectivity index is 4.18. The molecule has 0 aliphatic carbocycles. The Labute approximate surface area is 288 Å². The molecular weight excluding hydrogens is 617 g/mol. The lowest BCUT2D eigenvalue weighted by Gasteiger charge is -2.19. The Bertz CT molecular complexity index is 754. The number of carbonyl (C=O) groups excluding carboxylic acids is 2. The number of ether oxygens (including phenoxy) is 2. The average molecular weight is 693 g/mol. The van der Waals surface area contributed by atoms with Crippen molar-refractivity contribution in [1.82, 2.24) is 0 Å². The molecule has 0 saturated carbocycles. The molecule has 2 atom stereocenters. The van der Waals surface area contributed by atoms with Crippen molar-refractivity contribution in [2.45, 2.75) is 200 Å². The van der Waals surface area contributed by atoms with E-state index >= 15 is 0 Å². The topological polar surface area (TPSA) is 136 Å². The van der Waals surface area contributed by atoms with Gasteiger partial charge in [-0.05, 0) is 12.8 Å². The summed E-state index contributed by atoms with van der Waals surface area (Å²) < 4.78 is 32.8. The number of esters is 2. The van der Waals surface area contributed by atoms with Crippen molar-refractivity contribution >= 4 is 19.8 Å². The van der Waals surface area contributed by atoms with Crippen LogP contribution in [0.25, 0.3) is 0 Å². The first kappa shape index (κ1) is 46.0. The average Bonchev–Trinajstić information content (AvgIpc) is 3.05. The summed E-state index contributed by atoms with van der Waals surface area (Å²) in [5, 5.41) is 0. The van der Waals surface area contributed by atoms with Gasteiger partial charge in [0.25, 0.3) is 0 Å². The van der Waals surface area contributed by atoms with E-state index in [0.29, 0.717) is 19.4 Å². The Kier molecular flexibility index (Phi) is 34.1. The number of phosphoric ester groups is 1. The van der Waals surface area contributed by atoms with Crippen molar-refractivity contribution in [3.8, 4) is 0 Å².